The third-order valence-electron chi connectivity index (χ3n) is 4.60. The lowest BCUT2D eigenvalue weighted by Crippen LogP contribution is -2.51. The van der Waals surface area contributed by atoms with E-state index in [0.717, 1.165) is 5.56 Å². The molecule has 132 valence electrons. The monoisotopic (exact) mass is 336 g/mol. The Morgan fingerprint density at radius 1 is 1.29 bits per heavy atom. The van der Waals surface area contributed by atoms with E-state index in [1.54, 1.807) is 17.0 Å². The van der Waals surface area contributed by atoms with Gasteiger partial charge in [0.25, 0.3) is 0 Å². The van der Waals surface area contributed by atoms with Gasteiger partial charge >= 0.3 is 12.0 Å². The minimum Gasteiger partial charge on any atom is -0.481 e. The lowest BCUT2D eigenvalue weighted by atomic mass is 9.84. The van der Waals surface area contributed by atoms with Crippen LogP contribution in [0.5, 0.6) is 0 Å². The second-order valence-corrected chi connectivity index (χ2v) is 7.33. The molecule has 1 fully saturated rings. The van der Waals surface area contributed by atoms with Gasteiger partial charge in [0.2, 0.25) is 0 Å². The molecule has 24 heavy (non-hydrogen) atoms. The van der Waals surface area contributed by atoms with Crippen LogP contribution in [0.15, 0.2) is 24.3 Å². The molecule has 1 saturated heterocycles. The van der Waals surface area contributed by atoms with Crippen molar-refractivity contribution in [2.24, 2.45) is 11.8 Å². The normalized spacial score (nSPS) is 21.4. The van der Waals surface area contributed by atoms with Gasteiger partial charge in [0.1, 0.15) is 5.82 Å². The zero-order valence-electron chi connectivity index (χ0n) is 14.4. The van der Waals surface area contributed by atoms with Gasteiger partial charge in [-0.05, 0) is 30.0 Å². The molecule has 0 spiro atoms. The Balaban J connectivity index is 1.96. The van der Waals surface area contributed by atoms with Crippen molar-refractivity contribution >= 4 is 12.0 Å². The summed E-state index contributed by atoms with van der Waals surface area (Å²) in [6.07, 6.45) is 0.597. The molecule has 0 saturated carbocycles. The predicted molar refractivity (Wildman–Crippen MR) is 89.3 cm³/mol. The van der Waals surface area contributed by atoms with Crippen LogP contribution < -0.4 is 5.32 Å². The van der Waals surface area contributed by atoms with Crippen molar-refractivity contribution in [3.8, 4) is 0 Å². The molecule has 0 aromatic heterocycles. The van der Waals surface area contributed by atoms with Gasteiger partial charge in [-0.2, -0.15) is 0 Å². The Labute approximate surface area is 141 Å². The number of likely N-dealkylation sites (tertiary alicyclic amines) is 1. The van der Waals surface area contributed by atoms with Crippen LogP contribution in [0.1, 0.15) is 32.8 Å². The minimum atomic E-state index is -0.856. The number of carboxylic acid groups (broad SMARTS) is 1. The zero-order valence-corrected chi connectivity index (χ0v) is 14.4. The summed E-state index contributed by atoms with van der Waals surface area (Å²) in [4.78, 5) is 25.2. The van der Waals surface area contributed by atoms with E-state index in [9.17, 15) is 19.1 Å². The van der Waals surface area contributed by atoms with Crippen LogP contribution in [0.3, 0.4) is 0 Å². The van der Waals surface area contributed by atoms with Gasteiger partial charge in [-0.25, -0.2) is 9.18 Å². The van der Waals surface area contributed by atoms with E-state index in [-0.39, 0.29) is 29.7 Å². The fourth-order valence-electron chi connectivity index (χ4n) is 3.11. The number of nitrogens with zero attached hydrogens (tertiary/aromatic N) is 1. The van der Waals surface area contributed by atoms with Crippen molar-refractivity contribution in [3.05, 3.63) is 35.6 Å². The van der Waals surface area contributed by atoms with E-state index in [2.05, 4.69) is 5.32 Å². The van der Waals surface area contributed by atoms with Crippen LogP contribution in [-0.4, -0.2) is 41.6 Å². The first-order chi connectivity index (χ1) is 11.2. The molecule has 0 bridgehead atoms. The van der Waals surface area contributed by atoms with Crippen LogP contribution in [0.2, 0.25) is 0 Å². The summed E-state index contributed by atoms with van der Waals surface area (Å²) in [6.45, 7) is 7.09. The summed E-state index contributed by atoms with van der Waals surface area (Å²) < 4.78 is 13.0. The first kappa shape index (κ1) is 18.2. The molecule has 1 aromatic rings. The molecule has 0 radical (unpaired) electrons. The smallest absolute Gasteiger partial charge is 0.317 e. The Bertz CT molecular complexity index is 601. The molecule has 2 rings (SSSR count). The summed E-state index contributed by atoms with van der Waals surface area (Å²) in [5, 5.41) is 12.1. The van der Waals surface area contributed by atoms with Crippen LogP contribution in [0.4, 0.5) is 9.18 Å². The molecule has 1 aliphatic rings. The summed E-state index contributed by atoms with van der Waals surface area (Å²) >= 11 is 0. The molecular weight excluding hydrogens is 311 g/mol. The van der Waals surface area contributed by atoms with E-state index in [4.69, 9.17) is 0 Å². The molecule has 1 aromatic carbocycles. The number of urea groups is 1. The third kappa shape index (κ3) is 4.46. The van der Waals surface area contributed by atoms with E-state index in [1.165, 1.54) is 12.1 Å². The van der Waals surface area contributed by atoms with Crippen LogP contribution in [0, 0.1) is 17.7 Å². The maximum atomic E-state index is 13.0. The van der Waals surface area contributed by atoms with E-state index in [1.807, 2.05) is 20.8 Å². The number of hydrogen-bond donors (Lipinski definition) is 2. The second kappa shape index (κ2) is 7.20. The highest BCUT2D eigenvalue weighted by Gasteiger charge is 2.32. The lowest BCUT2D eigenvalue weighted by Gasteiger charge is -2.35. The minimum absolute atomic E-state index is 0.163. The molecule has 0 aliphatic carbocycles. The Hall–Kier alpha value is -2.11. The van der Waals surface area contributed by atoms with E-state index < -0.39 is 11.9 Å². The van der Waals surface area contributed by atoms with Gasteiger partial charge in [-0.3, -0.25) is 4.79 Å². The van der Waals surface area contributed by atoms with Gasteiger partial charge < -0.3 is 15.3 Å². The molecule has 2 amide bonds. The van der Waals surface area contributed by atoms with Gasteiger partial charge in [0.15, 0.2) is 0 Å². The van der Waals surface area contributed by atoms with Crippen molar-refractivity contribution in [2.75, 3.05) is 19.6 Å². The van der Waals surface area contributed by atoms with Crippen molar-refractivity contribution < 1.29 is 19.1 Å². The third-order valence-corrected chi connectivity index (χ3v) is 4.60. The van der Waals surface area contributed by atoms with Crippen LogP contribution in [-0.2, 0) is 10.2 Å². The molecule has 1 heterocycles. The average molecular weight is 336 g/mol. The van der Waals surface area contributed by atoms with Crippen molar-refractivity contribution in [1.82, 2.24) is 10.2 Å². The first-order valence-electron chi connectivity index (χ1n) is 8.20. The summed E-state index contributed by atoms with van der Waals surface area (Å²) in [6, 6.07) is 5.99. The number of halogens is 1. The number of nitrogens with one attached hydrogen (secondary N) is 1. The molecule has 5 nitrogen and oxygen atoms in total. The quantitative estimate of drug-likeness (QED) is 0.888. The lowest BCUT2D eigenvalue weighted by molar-refractivity contribution is -0.143. The molecule has 6 heteroatoms. The van der Waals surface area contributed by atoms with Gasteiger partial charge in [0, 0.05) is 25.0 Å². The molecule has 2 unspecified atom stereocenters. The largest absolute Gasteiger partial charge is 0.481 e. The van der Waals surface area contributed by atoms with Gasteiger partial charge in [0.05, 0.1) is 5.92 Å². The highest BCUT2D eigenvalue weighted by Crippen LogP contribution is 2.24. The number of carboxylic acids is 1. The highest BCUT2D eigenvalue weighted by molar-refractivity contribution is 5.76. The van der Waals surface area contributed by atoms with Crippen molar-refractivity contribution in [2.45, 2.75) is 32.6 Å². The number of benzene rings is 1. The van der Waals surface area contributed by atoms with Crippen LogP contribution >= 0.6 is 0 Å². The second-order valence-electron chi connectivity index (χ2n) is 7.33. The summed E-state index contributed by atoms with van der Waals surface area (Å²) in [7, 11) is 0. The van der Waals surface area contributed by atoms with Crippen molar-refractivity contribution in [1.29, 1.82) is 0 Å². The number of hydrogen-bond acceptors (Lipinski definition) is 2. The maximum absolute atomic E-state index is 13.0. The maximum Gasteiger partial charge on any atom is 0.317 e. The van der Waals surface area contributed by atoms with E-state index >= 15 is 0 Å². The Morgan fingerprint density at radius 2 is 1.92 bits per heavy atom. The predicted octanol–water partition coefficient (Wildman–Crippen LogP) is 2.86. The van der Waals surface area contributed by atoms with Crippen LogP contribution in [0.25, 0.3) is 0 Å². The number of carbonyl (C=O) groups is 2. The SMILES string of the molecule is CC1CC(C(=O)O)CN(C(=O)NCC(C)(C)c2ccc(F)cc2)C1. The number of aliphatic carboxylic acids is 1. The zero-order chi connectivity index (χ0) is 17.9. The Morgan fingerprint density at radius 3 is 2.50 bits per heavy atom. The van der Waals surface area contributed by atoms with E-state index in [0.29, 0.717) is 19.5 Å². The summed E-state index contributed by atoms with van der Waals surface area (Å²) in [5.74, 6) is -1.49. The average Bonchev–Trinajstić information content (AvgIpc) is 2.52. The topological polar surface area (TPSA) is 69.6 Å². The fraction of sp³-hybridized carbons (Fsp3) is 0.556. The number of amides is 2. The first-order valence-corrected chi connectivity index (χ1v) is 8.20. The molecule has 1 aliphatic heterocycles. The van der Waals surface area contributed by atoms with Gasteiger partial charge in [-0.15, -0.1) is 0 Å². The highest BCUT2D eigenvalue weighted by atomic mass is 19.1. The standard InChI is InChI=1S/C18H25FN2O3/c1-12-8-13(16(22)23)10-21(9-12)17(24)20-11-18(2,3)14-4-6-15(19)7-5-14/h4-7,12-13H,8-11H2,1-3H3,(H,20,24)(H,22,23). The fourth-order valence-corrected chi connectivity index (χ4v) is 3.11. The number of rotatable bonds is 4. The van der Waals surface area contributed by atoms with Gasteiger partial charge in [-0.1, -0.05) is 32.9 Å². The Kier molecular flexibility index (Phi) is 5.47. The molecule has 2 N–H and O–H groups in total. The van der Waals surface area contributed by atoms with Crippen molar-refractivity contribution in [3.63, 3.8) is 0 Å². The summed E-state index contributed by atoms with van der Waals surface area (Å²) in [5.41, 5.74) is 0.580. The molecular formula is C18H25FN2O3. The number of piperidine rings is 1. The number of carbonyl (C=O) groups excluding carboxylic acids is 1. The molecule has 2 atom stereocenters.